The molecule has 394 valence electrons. The maximum atomic E-state index is 12.7. The molecule has 2 amide bonds. The van der Waals surface area contributed by atoms with Gasteiger partial charge < -0.3 is 140 Å². The molecule has 26 atom stereocenters. The van der Waals surface area contributed by atoms with Gasteiger partial charge in [-0.2, -0.15) is 0 Å². The van der Waals surface area contributed by atoms with E-state index >= 15 is 0 Å². The number of hydrogen-bond acceptors (Lipinski definition) is 28. The van der Waals surface area contributed by atoms with Gasteiger partial charge in [-0.15, -0.1) is 0 Å². The van der Waals surface area contributed by atoms with Crippen molar-refractivity contribution >= 4 is 17.8 Å². The van der Waals surface area contributed by atoms with Crippen LogP contribution in [0.15, 0.2) is 0 Å². The molecule has 31 nitrogen and oxygen atoms in total. The van der Waals surface area contributed by atoms with Gasteiger partial charge in [0, 0.05) is 20.3 Å². The maximum Gasteiger partial charge on any atom is 0.364 e. The van der Waals surface area contributed by atoms with Crippen LogP contribution in [0.4, 0.5) is 0 Å². The molecule has 5 aliphatic heterocycles. The standard InChI is InChI=1S/C37H62N2O29/c1-9(44)38-17-11(46)3-37(36(58)59,68-30(17)19(48)12(47)4-40)60-8-16-20(49)23(52)26(55)34(64-16)66-29-18(39-10(2)45)33(62-13(5-41)21(29)50)67-31-22(51)14(6-42)63-35(27(31)56)65-28-15(7-43)61-32(57)25(54)24(28)53/h11-35,40-43,46-57H,3-8H2,1-2H3,(H,38,44)(H,39,45)(H,58,59)/t11-,12+,13+,14+,15+,16+,17+,18+,19+,20-,21+,22-,23-,24+,25+,26+,27+,28?,29+,30+,31-,32?,33-,34-,35-,37+/m0/s1. The van der Waals surface area contributed by atoms with Crippen LogP contribution >= 0.6 is 0 Å². The van der Waals surface area contributed by atoms with Crippen LogP contribution in [0.5, 0.6) is 0 Å². The summed E-state index contributed by atoms with van der Waals surface area (Å²) < 4.78 is 50.5. The van der Waals surface area contributed by atoms with Crippen LogP contribution < -0.4 is 10.6 Å². The maximum absolute atomic E-state index is 12.7. The van der Waals surface area contributed by atoms with Crippen molar-refractivity contribution in [1.82, 2.24) is 10.6 Å². The fraction of sp³-hybridized carbons (Fsp3) is 0.919. The average Bonchev–Trinajstić information content (AvgIpc) is 3.29. The molecule has 0 aromatic heterocycles. The molecule has 0 radical (unpaired) electrons. The van der Waals surface area contributed by atoms with E-state index in [-0.39, 0.29) is 0 Å². The van der Waals surface area contributed by atoms with E-state index in [0.29, 0.717) is 0 Å². The summed E-state index contributed by atoms with van der Waals surface area (Å²) in [4.78, 5) is 37.3. The number of amides is 2. The van der Waals surface area contributed by atoms with Crippen molar-refractivity contribution in [1.29, 1.82) is 0 Å². The number of carbonyl (C=O) groups excluding carboxylic acids is 2. The van der Waals surface area contributed by atoms with E-state index in [4.69, 9.17) is 42.6 Å². The Morgan fingerprint density at radius 1 is 0.588 bits per heavy atom. The molecule has 5 rings (SSSR count). The molecule has 0 saturated carbocycles. The van der Waals surface area contributed by atoms with E-state index in [0.717, 1.165) is 13.8 Å². The first-order valence-corrected chi connectivity index (χ1v) is 21.2. The molecule has 2 unspecified atom stereocenters. The summed E-state index contributed by atoms with van der Waals surface area (Å²) >= 11 is 0. The lowest BCUT2D eigenvalue weighted by Gasteiger charge is -2.50. The number of nitrogens with one attached hydrogen (secondary N) is 2. The Morgan fingerprint density at radius 2 is 1.10 bits per heavy atom. The van der Waals surface area contributed by atoms with Gasteiger partial charge in [-0.25, -0.2) is 4.79 Å². The minimum absolute atomic E-state index is 0.782. The summed E-state index contributed by atoms with van der Waals surface area (Å²) in [5.41, 5.74) is 0. The topological polar surface area (TPSA) is 502 Å². The molecule has 0 aromatic carbocycles. The Hall–Kier alpha value is -2.59. The Balaban J connectivity index is 1.39. The zero-order chi connectivity index (χ0) is 50.7. The van der Waals surface area contributed by atoms with Gasteiger partial charge in [0.1, 0.15) is 116 Å². The summed E-state index contributed by atoms with van der Waals surface area (Å²) in [6, 6.07) is -3.40. The number of carbonyl (C=O) groups is 3. The highest BCUT2D eigenvalue weighted by atomic mass is 16.8. The van der Waals surface area contributed by atoms with Gasteiger partial charge in [-0.05, 0) is 0 Å². The second kappa shape index (κ2) is 23.8. The summed E-state index contributed by atoms with van der Waals surface area (Å²) in [6.45, 7) is -3.16. The van der Waals surface area contributed by atoms with Crippen molar-refractivity contribution < 1.29 is 144 Å². The van der Waals surface area contributed by atoms with Crippen LogP contribution in [-0.4, -0.2) is 297 Å². The lowest BCUT2D eigenvalue weighted by atomic mass is 9.88. The van der Waals surface area contributed by atoms with E-state index in [1.807, 2.05) is 0 Å². The third-order valence-electron chi connectivity index (χ3n) is 12.1. The second-order valence-electron chi connectivity index (χ2n) is 16.9. The van der Waals surface area contributed by atoms with E-state index in [9.17, 15) is 101 Å². The predicted molar refractivity (Wildman–Crippen MR) is 207 cm³/mol. The fourth-order valence-electron chi connectivity index (χ4n) is 8.42. The van der Waals surface area contributed by atoms with Crippen molar-refractivity contribution in [3.63, 3.8) is 0 Å². The van der Waals surface area contributed by atoms with Crippen LogP contribution in [0.25, 0.3) is 0 Å². The third kappa shape index (κ3) is 12.0. The van der Waals surface area contributed by atoms with Crippen molar-refractivity contribution in [3.8, 4) is 0 Å². The number of aliphatic carboxylic acids is 1. The van der Waals surface area contributed by atoms with Crippen molar-refractivity contribution in [3.05, 3.63) is 0 Å². The van der Waals surface area contributed by atoms with Gasteiger partial charge in [-0.1, -0.05) is 0 Å². The minimum Gasteiger partial charge on any atom is -0.477 e. The first-order chi connectivity index (χ1) is 31.9. The number of carboxylic acids is 1. The Labute approximate surface area is 384 Å². The Bertz CT molecular complexity index is 1660. The largest absolute Gasteiger partial charge is 0.477 e. The molecule has 68 heavy (non-hydrogen) atoms. The zero-order valence-electron chi connectivity index (χ0n) is 36.2. The molecule has 0 spiro atoms. The highest BCUT2D eigenvalue weighted by Crippen LogP contribution is 2.37. The van der Waals surface area contributed by atoms with Crippen molar-refractivity contribution in [2.24, 2.45) is 0 Å². The molecule has 5 fully saturated rings. The number of hydrogen-bond donors (Lipinski definition) is 19. The summed E-state index contributed by atoms with van der Waals surface area (Å²) in [7, 11) is 0. The SMILES string of the molecule is CC(=O)N[C@H]1[C@H](O[C@H]2[C@@H](O)[C@@H](CO)O[C@@H](OC3[C@@H](CO)OC(O)[C@H](O)[C@H]3O)[C@@H]2O)O[C@H](CO)[C@@H](O)[C@@H]1O[C@@H]1O[C@H](CO[C@]2(C(=O)O)C[C@H](O)[C@@H](NC(C)=O)[C@H]([C@H](O)[C@H](O)CO)O2)[C@H](O)[C@H](O)[C@H]1O. The molecule has 5 heterocycles. The smallest absolute Gasteiger partial charge is 0.364 e. The van der Waals surface area contributed by atoms with Gasteiger partial charge in [0.25, 0.3) is 5.79 Å². The molecule has 0 bridgehead atoms. The van der Waals surface area contributed by atoms with Gasteiger partial charge >= 0.3 is 5.97 Å². The molecule has 0 aliphatic carbocycles. The molecular weight excluding hydrogens is 936 g/mol. The zero-order valence-corrected chi connectivity index (χ0v) is 36.2. The van der Waals surface area contributed by atoms with Crippen molar-refractivity contribution in [2.75, 3.05) is 33.0 Å². The van der Waals surface area contributed by atoms with Crippen LogP contribution in [0.3, 0.4) is 0 Å². The Kier molecular flexibility index (Phi) is 19.7. The summed E-state index contributed by atoms with van der Waals surface area (Å²) in [5, 5.41) is 184. The quantitative estimate of drug-likeness (QED) is 0.0606. The van der Waals surface area contributed by atoms with Gasteiger partial charge in [-0.3, -0.25) is 9.59 Å². The minimum atomic E-state index is -2.98. The van der Waals surface area contributed by atoms with Crippen LogP contribution in [-0.2, 0) is 57.0 Å². The van der Waals surface area contributed by atoms with Gasteiger partial charge in [0.05, 0.1) is 45.2 Å². The van der Waals surface area contributed by atoms with Crippen molar-refractivity contribution in [2.45, 2.75) is 179 Å². The molecule has 31 heteroatoms. The lowest BCUT2D eigenvalue weighted by molar-refractivity contribution is -0.381. The first kappa shape index (κ1) is 56.3. The Morgan fingerprint density at radius 3 is 1.66 bits per heavy atom. The number of aliphatic hydroxyl groups excluding tert-OH is 16. The average molecular weight is 999 g/mol. The highest BCUT2D eigenvalue weighted by Gasteiger charge is 2.59. The monoisotopic (exact) mass is 998 g/mol. The van der Waals surface area contributed by atoms with E-state index in [1.54, 1.807) is 0 Å². The number of carboxylic acid groups (broad SMARTS) is 1. The highest BCUT2D eigenvalue weighted by molar-refractivity contribution is 5.76. The van der Waals surface area contributed by atoms with Crippen LogP contribution in [0.2, 0.25) is 0 Å². The second-order valence-corrected chi connectivity index (χ2v) is 16.9. The molecule has 0 aromatic rings. The fourth-order valence-corrected chi connectivity index (χ4v) is 8.42. The molecule has 5 aliphatic rings. The van der Waals surface area contributed by atoms with E-state index < -0.39 is 216 Å². The molecule has 5 saturated heterocycles. The summed E-state index contributed by atoms with van der Waals surface area (Å²) in [5.74, 6) is -6.62. The van der Waals surface area contributed by atoms with E-state index in [1.165, 1.54) is 0 Å². The molecular formula is C37H62N2O29. The summed E-state index contributed by atoms with van der Waals surface area (Å²) in [6.07, 6.45) is -46.5. The third-order valence-corrected chi connectivity index (χ3v) is 12.1. The lowest BCUT2D eigenvalue weighted by Crippen LogP contribution is -2.70. The molecule has 19 N–H and O–H groups in total. The van der Waals surface area contributed by atoms with E-state index in [2.05, 4.69) is 10.6 Å². The predicted octanol–water partition coefficient (Wildman–Crippen LogP) is -12.4. The first-order valence-electron chi connectivity index (χ1n) is 21.2. The van der Waals surface area contributed by atoms with Crippen LogP contribution in [0, 0.1) is 0 Å². The number of ether oxygens (including phenoxy) is 9. The van der Waals surface area contributed by atoms with Gasteiger partial charge in [0.2, 0.25) is 11.8 Å². The van der Waals surface area contributed by atoms with Gasteiger partial charge in [0.15, 0.2) is 25.2 Å². The number of rotatable bonds is 18. The van der Waals surface area contributed by atoms with Crippen LogP contribution in [0.1, 0.15) is 20.3 Å². The number of aliphatic hydroxyl groups is 16. The normalized spacial score (nSPS) is 46.6.